The summed E-state index contributed by atoms with van der Waals surface area (Å²) in [7, 11) is 0. The van der Waals surface area contributed by atoms with Gasteiger partial charge in [0.05, 0.1) is 10.8 Å². The fourth-order valence-electron chi connectivity index (χ4n) is 5.52. The lowest BCUT2D eigenvalue weighted by Crippen LogP contribution is -2.43. The molecule has 6 heteroatoms. The van der Waals surface area contributed by atoms with Crippen molar-refractivity contribution in [1.82, 2.24) is 19.9 Å². The van der Waals surface area contributed by atoms with Crippen LogP contribution in [0.4, 0.5) is 0 Å². The van der Waals surface area contributed by atoms with Gasteiger partial charge in [-0.25, -0.2) is 0 Å². The van der Waals surface area contributed by atoms with Crippen molar-refractivity contribution < 1.29 is 4.79 Å². The van der Waals surface area contributed by atoms with Crippen LogP contribution in [-0.4, -0.2) is 31.8 Å². The van der Waals surface area contributed by atoms with Gasteiger partial charge in [-0.15, -0.1) is 10.2 Å². The molecule has 5 nitrogen and oxygen atoms in total. The van der Waals surface area contributed by atoms with Crippen molar-refractivity contribution in [2.75, 3.05) is 0 Å². The Labute approximate surface area is 175 Å². The molecule has 0 aliphatic heterocycles. The molecule has 5 rings (SSSR count). The number of pyridine rings is 1. The second-order valence-electron chi connectivity index (χ2n) is 8.92. The Morgan fingerprint density at radius 2 is 2.03 bits per heavy atom. The molecule has 3 aromatic rings. The van der Waals surface area contributed by atoms with Crippen LogP contribution in [0.5, 0.6) is 0 Å². The summed E-state index contributed by atoms with van der Waals surface area (Å²) in [4.78, 5) is 12.9. The van der Waals surface area contributed by atoms with E-state index in [1.54, 1.807) is 0 Å². The van der Waals surface area contributed by atoms with E-state index in [2.05, 4.69) is 52.0 Å². The second kappa shape index (κ2) is 7.31. The standard InChI is InChI=1S/C23H28N4OS/c1-13-10-21-25-26-23(27(21)20-7-5-4-6-18(13)20)29-15(3)22(28)24-14(2)19-12-16-8-9-17(19)11-16/h4-7,10,14-17,19H,8-9,11-12H2,1-3H3,(H,24,28). The SMILES string of the molecule is Cc1cc2nnc(SC(C)C(=O)NC(C)C3CC4CCC3C4)n2c2ccccc12. The molecule has 29 heavy (non-hydrogen) atoms. The van der Waals surface area contributed by atoms with Crippen LogP contribution in [-0.2, 0) is 4.79 Å². The van der Waals surface area contributed by atoms with E-state index in [4.69, 9.17) is 0 Å². The quantitative estimate of drug-likeness (QED) is 0.626. The third-order valence-corrected chi connectivity index (χ3v) is 8.07. The predicted molar refractivity (Wildman–Crippen MR) is 117 cm³/mol. The average Bonchev–Trinajstić information content (AvgIpc) is 3.44. The Balaban J connectivity index is 1.34. The van der Waals surface area contributed by atoms with Gasteiger partial charge in [0.2, 0.25) is 5.91 Å². The number of aromatic nitrogens is 3. The molecule has 2 bridgehead atoms. The third kappa shape index (κ3) is 3.31. The van der Waals surface area contributed by atoms with Crippen molar-refractivity contribution in [2.24, 2.45) is 17.8 Å². The highest BCUT2D eigenvalue weighted by molar-refractivity contribution is 8.00. The summed E-state index contributed by atoms with van der Waals surface area (Å²) in [5, 5.41) is 13.8. The maximum atomic E-state index is 12.9. The molecule has 2 aliphatic carbocycles. The Bertz CT molecular complexity index is 1080. The molecule has 5 unspecified atom stereocenters. The smallest absolute Gasteiger partial charge is 0.233 e. The van der Waals surface area contributed by atoms with Gasteiger partial charge >= 0.3 is 0 Å². The number of aryl methyl sites for hydroxylation is 1. The molecule has 1 aromatic carbocycles. The normalized spacial score (nSPS) is 25.6. The van der Waals surface area contributed by atoms with Crippen molar-refractivity contribution in [3.63, 3.8) is 0 Å². The van der Waals surface area contributed by atoms with E-state index >= 15 is 0 Å². The highest BCUT2D eigenvalue weighted by Gasteiger charge is 2.42. The van der Waals surface area contributed by atoms with Crippen molar-refractivity contribution >= 4 is 34.2 Å². The van der Waals surface area contributed by atoms with Crippen LogP contribution < -0.4 is 5.32 Å². The van der Waals surface area contributed by atoms with E-state index in [-0.39, 0.29) is 17.2 Å². The third-order valence-electron chi connectivity index (χ3n) is 7.03. The number of hydrogen-bond acceptors (Lipinski definition) is 4. The minimum Gasteiger partial charge on any atom is -0.352 e. The van der Waals surface area contributed by atoms with Crippen LogP contribution in [0.1, 0.15) is 45.1 Å². The number of thioether (sulfide) groups is 1. The molecule has 2 aliphatic rings. The first-order valence-electron chi connectivity index (χ1n) is 10.7. The molecule has 152 valence electrons. The molecule has 1 N–H and O–H groups in total. The number of nitrogens with one attached hydrogen (secondary N) is 1. The number of fused-ring (bicyclic) bond motifs is 5. The number of para-hydroxylation sites is 1. The molecule has 2 saturated carbocycles. The lowest BCUT2D eigenvalue weighted by atomic mass is 9.84. The number of rotatable bonds is 5. The summed E-state index contributed by atoms with van der Waals surface area (Å²) in [6.45, 7) is 6.24. The summed E-state index contributed by atoms with van der Waals surface area (Å²) in [6, 6.07) is 10.6. The van der Waals surface area contributed by atoms with Gasteiger partial charge in [-0.3, -0.25) is 9.20 Å². The first kappa shape index (κ1) is 18.9. The van der Waals surface area contributed by atoms with Gasteiger partial charge in [-0.2, -0.15) is 0 Å². The number of carbonyl (C=O) groups excluding carboxylic acids is 1. The van der Waals surface area contributed by atoms with E-state index < -0.39 is 0 Å². The van der Waals surface area contributed by atoms with E-state index in [1.165, 1.54) is 48.4 Å². The van der Waals surface area contributed by atoms with Gasteiger partial charge in [0.25, 0.3) is 0 Å². The number of hydrogen-bond donors (Lipinski definition) is 1. The van der Waals surface area contributed by atoms with Gasteiger partial charge in [-0.05, 0) is 75.5 Å². The summed E-state index contributed by atoms with van der Waals surface area (Å²) >= 11 is 1.49. The number of benzene rings is 1. The van der Waals surface area contributed by atoms with Crippen molar-refractivity contribution in [3.8, 4) is 0 Å². The van der Waals surface area contributed by atoms with E-state index in [9.17, 15) is 4.79 Å². The maximum absolute atomic E-state index is 12.9. The fourth-order valence-corrected chi connectivity index (χ4v) is 6.39. The second-order valence-corrected chi connectivity index (χ2v) is 10.2. The van der Waals surface area contributed by atoms with E-state index in [0.717, 1.165) is 28.2 Å². The highest BCUT2D eigenvalue weighted by atomic mass is 32.2. The van der Waals surface area contributed by atoms with Gasteiger partial charge < -0.3 is 5.32 Å². The Morgan fingerprint density at radius 1 is 1.21 bits per heavy atom. The first-order chi connectivity index (χ1) is 14.0. The Hall–Kier alpha value is -2.08. The van der Waals surface area contributed by atoms with Gasteiger partial charge in [0.15, 0.2) is 10.8 Å². The minimum absolute atomic E-state index is 0.0958. The molecule has 1 amide bonds. The van der Waals surface area contributed by atoms with Crippen molar-refractivity contribution in [2.45, 2.75) is 62.9 Å². The van der Waals surface area contributed by atoms with Gasteiger partial charge in [0, 0.05) is 11.4 Å². The number of amides is 1. The number of carbonyl (C=O) groups is 1. The summed E-state index contributed by atoms with van der Waals surface area (Å²) in [5.74, 6) is 2.46. The zero-order chi connectivity index (χ0) is 20.1. The lowest BCUT2D eigenvalue weighted by molar-refractivity contribution is -0.121. The largest absolute Gasteiger partial charge is 0.352 e. The lowest BCUT2D eigenvalue weighted by Gasteiger charge is -2.29. The average molecular weight is 409 g/mol. The molecular weight excluding hydrogens is 380 g/mol. The highest BCUT2D eigenvalue weighted by Crippen LogP contribution is 2.49. The summed E-state index contributed by atoms with van der Waals surface area (Å²) < 4.78 is 2.07. The molecule has 2 fully saturated rings. The minimum atomic E-state index is -0.219. The van der Waals surface area contributed by atoms with Crippen LogP contribution in [0.3, 0.4) is 0 Å². The first-order valence-corrected chi connectivity index (χ1v) is 11.6. The van der Waals surface area contributed by atoms with E-state index in [1.807, 2.05) is 19.1 Å². The zero-order valence-electron chi connectivity index (χ0n) is 17.3. The molecule has 5 atom stereocenters. The Morgan fingerprint density at radius 3 is 2.79 bits per heavy atom. The van der Waals surface area contributed by atoms with E-state index in [0.29, 0.717) is 5.92 Å². The van der Waals surface area contributed by atoms with Crippen LogP contribution in [0.15, 0.2) is 35.5 Å². The van der Waals surface area contributed by atoms with Crippen molar-refractivity contribution in [3.05, 3.63) is 35.9 Å². The van der Waals surface area contributed by atoms with Crippen LogP contribution in [0.2, 0.25) is 0 Å². The van der Waals surface area contributed by atoms with Crippen molar-refractivity contribution in [1.29, 1.82) is 0 Å². The number of nitrogens with zero attached hydrogens (tertiary/aromatic N) is 3. The summed E-state index contributed by atoms with van der Waals surface area (Å²) in [6.07, 6.45) is 5.39. The molecule has 2 aromatic heterocycles. The molecule has 2 heterocycles. The molecule has 0 radical (unpaired) electrons. The van der Waals surface area contributed by atoms with Gasteiger partial charge in [0.1, 0.15) is 0 Å². The summed E-state index contributed by atoms with van der Waals surface area (Å²) in [5.41, 5.74) is 3.09. The topological polar surface area (TPSA) is 59.3 Å². The molecule has 0 saturated heterocycles. The van der Waals surface area contributed by atoms with Crippen LogP contribution >= 0.6 is 11.8 Å². The molecular formula is C23H28N4OS. The molecule has 0 spiro atoms. The monoisotopic (exact) mass is 408 g/mol. The zero-order valence-corrected chi connectivity index (χ0v) is 18.1. The fraction of sp³-hybridized carbons (Fsp3) is 0.522. The Kier molecular flexibility index (Phi) is 4.77. The van der Waals surface area contributed by atoms with Crippen LogP contribution in [0, 0.1) is 24.7 Å². The van der Waals surface area contributed by atoms with Crippen LogP contribution in [0.25, 0.3) is 16.6 Å². The van der Waals surface area contributed by atoms with Gasteiger partial charge in [-0.1, -0.05) is 36.4 Å². The predicted octanol–water partition coefficient (Wildman–Crippen LogP) is 4.61. The maximum Gasteiger partial charge on any atom is 0.233 e.